The number of benzene rings is 1. The number of amides is 2. The molecule has 114 valence electrons. The number of hydrogen-bond acceptors (Lipinski definition) is 3. The van der Waals surface area contributed by atoms with E-state index in [1.807, 2.05) is 30.3 Å². The Bertz CT molecular complexity index is 624. The molecule has 3 aliphatic rings. The zero-order valence-corrected chi connectivity index (χ0v) is 12.4. The molecule has 1 saturated heterocycles. The number of hydrogen-bond donors (Lipinski definition) is 0. The van der Waals surface area contributed by atoms with E-state index in [9.17, 15) is 9.59 Å². The lowest BCUT2D eigenvalue weighted by Gasteiger charge is -2.25. The molecule has 0 aromatic heterocycles. The molecular weight excluding hydrogens is 278 g/mol. The van der Waals surface area contributed by atoms with Crippen LogP contribution in [0, 0.1) is 17.8 Å². The standard InChI is InChI=1S/C18H19NO3/c20-17(16-10-13-6-7-14(16)8-13)19-15(11-22-18(19)21)9-12-4-2-1-3-5-12/h1-7,13-16H,8-11H2/t13?,14?,15-,16?/m0/s1. The second-order valence-corrected chi connectivity index (χ2v) is 6.52. The molecule has 4 heteroatoms. The van der Waals surface area contributed by atoms with Crippen LogP contribution in [-0.4, -0.2) is 29.5 Å². The van der Waals surface area contributed by atoms with Gasteiger partial charge < -0.3 is 4.74 Å². The molecule has 3 unspecified atom stereocenters. The molecule has 4 rings (SSSR count). The van der Waals surface area contributed by atoms with E-state index in [2.05, 4.69) is 12.2 Å². The van der Waals surface area contributed by atoms with Crippen molar-refractivity contribution in [2.45, 2.75) is 25.3 Å². The first-order valence-corrected chi connectivity index (χ1v) is 7.94. The molecule has 1 saturated carbocycles. The summed E-state index contributed by atoms with van der Waals surface area (Å²) in [6.45, 7) is 0.302. The van der Waals surface area contributed by atoms with Gasteiger partial charge in [-0.15, -0.1) is 0 Å². The fraction of sp³-hybridized carbons (Fsp3) is 0.444. The number of carbonyl (C=O) groups is 2. The molecular formula is C18H19NO3. The smallest absolute Gasteiger partial charge is 0.416 e. The van der Waals surface area contributed by atoms with E-state index in [0.29, 0.717) is 24.9 Å². The Kier molecular flexibility index (Phi) is 3.25. The number of nitrogens with zero attached hydrogens (tertiary/aromatic N) is 1. The van der Waals surface area contributed by atoms with Crippen LogP contribution in [0.15, 0.2) is 42.5 Å². The quantitative estimate of drug-likeness (QED) is 0.806. The Labute approximate surface area is 129 Å². The zero-order chi connectivity index (χ0) is 15.1. The highest BCUT2D eigenvalue weighted by molar-refractivity contribution is 5.95. The van der Waals surface area contributed by atoms with Crippen molar-refractivity contribution in [3.8, 4) is 0 Å². The van der Waals surface area contributed by atoms with Crippen molar-refractivity contribution in [1.29, 1.82) is 0 Å². The summed E-state index contributed by atoms with van der Waals surface area (Å²) in [5, 5.41) is 0. The topological polar surface area (TPSA) is 46.6 Å². The summed E-state index contributed by atoms with van der Waals surface area (Å²) in [6, 6.07) is 9.77. The summed E-state index contributed by atoms with van der Waals surface area (Å²) in [6.07, 6.45) is 6.47. The lowest BCUT2D eigenvalue weighted by molar-refractivity contribution is -0.134. The summed E-state index contributed by atoms with van der Waals surface area (Å²) in [5.41, 5.74) is 1.12. The van der Waals surface area contributed by atoms with E-state index in [4.69, 9.17) is 4.74 Å². The Morgan fingerprint density at radius 3 is 2.68 bits per heavy atom. The van der Waals surface area contributed by atoms with Gasteiger partial charge in [0.25, 0.3) is 0 Å². The van der Waals surface area contributed by atoms with E-state index in [0.717, 1.165) is 18.4 Å². The molecule has 2 aliphatic carbocycles. The van der Waals surface area contributed by atoms with Crippen molar-refractivity contribution in [3.63, 3.8) is 0 Å². The summed E-state index contributed by atoms with van der Waals surface area (Å²) < 4.78 is 5.16. The molecule has 2 bridgehead atoms. The number of ether oxygens (including phenoxy) is 1. The van der Waals surface area contributed by atoms with E-state index in [1.165, 1.54) is 4.90 Å². The Morgan fingerprint density at radius 2 is 2.00 bits per heavy atom. The first-order chi connectivity index (χ1) is 10.7. The second kappa shape index (κ2) is 5.27. The summed E-state index contributed by atoms with van der Waals surface area (Å²) in [4.78, 5) is 26.3. The van der Waals surface area contributed by atoms with Crippen molar-refractivity contribution in [3.05, 3.63) is 48.0 Å². The molecule has 4 nitrogen and oxygen atoms in total. The van der Waals surface area contributed by atoms with Crippen molar-refractivity contribution < 1.29 is 14.3 Å². The van der Waals surface area contributed by atoms with Crippen LogP contribution in [-0.2, 0) is 16.0 Å². The lowest BCUT2D eigenvalue weighted by atomic mass is 9.91. The van der Waals surface area contributed by atoms with Gasteiger partial charge in [-0.1, -0.05) is 42.5 Å². The molecule has 0 radical (unpaired) electrons. The molecule has 1 aliphatic heterocycles. The van der Waals surface area contributed by atoms with Gasteiger partial charge >= 0.3 is 6.09 Å². The third-order valence-corrected chi connectivity index (χ3v) is 5.11. The van der Waals surface area contributed by atoms with Crippen molar-refractivity contribution >= 4 is 12.0 Å². The van der Waals surface area contributed by atoms with Crippen LogP contribution >= 0.6 is 0 Å². The number of allylic oxidation sites excluding steroid dienone is 2. The van der Waals surface area contributed by atoms with Crippen molar-refractivity contribution in [2.75, 3.05) is 6.61 Å². The highest BCUT2D eigenvalue weighted by atomic mass is 16.6. The predicted octanol–water partition coefficient (Wildman–Crippen LogP) is 2.79. The molecule has 1 aromatic rings. The highest BCUT2D eigenvalue weighted by Gasteiger charge is 2.47. The minimum atomic E-state index is -0.474. The minimum Gasteiger partial charge on any atom is -0.447 e. The third-order valence-electron chi connectivity index (χ3n) is 5.11. The van der Waals surface area contributed by atoms with E-state index < -0.39 is 6.09 Å². The van der Waals surface area contributed by atoms with Crippen LogP contribution in [0.1, 0.15) is 18.4 Å². The van der Waals surface area contributed by atoms with Gasteiger partial charge in [0.15, 0.2) is 0 Å². The first kappa shape index (κ1) is 13.6. The summed E-state index contributed by atoms with van der Waals surface area (Å²) in [7, 11) is 0. The molecule has 1 heterocycles. The number of rotatable bonds is 3. The van der Waals surface area contributed by atoms with Crippen LogP contribution in [0.3, 0.4) is 0 Å². The average molecular weight is 297 g/mol. The molecule has 22 heavy (non-hydrogen) atoms. The van der Waals surface area contributed by atoms with Gasteiger partial charge in [0.1, 0.15) is 6.61 Å². The van der Waals surface area contributed by atoms with Gasteiger partial charge in [0.2, 0.25) is 5.91 Å². The fourth-order valence-electron chi connectivity index (χ4n) is 4.01. The fourth-order valence-corrected chi connectivity index (χ4v) is 4.01. The monoisotopic (exact) mass is 297 g/mol. The Hall–Kier alpha value is -2.10. The van der Waals surface area contributed by atoms with E-state index in [1.54, 1.807) is 0 Å². The predicted molar refractivity (Wildman–Crippen MR) is 81.0 cm³/mol. The lowest BCUT2D eigenvalue weighted by Crippen LogP contribution is -2.44. The molecule has 1 aromatic carbocycles. The number of carbonyl (C=O) groups excluding carboxylic acids is 2. The normalized spacial score (nSPS) is 32.5. The van der Waals surface area contributed by atoms with Gasteiger partial charge in [-0.3, -0.25) is 4.79 Å². The number of imide groups is 1. The van der Waals surface area contributed by atoms with Crippen molar-refractivity contribution in [2.24, 2.45) is 17.8 Å². The van der Waals surface area contributed by atoms with E-state index in [-0.39, 0.29) is 17.9 Å². The third kappa shape index (κ3) is 2.23. The van der Waals surface area contributed by atoms with Crippen LogP contribution < -0.4 is 0 Å². The first-order valence-electron chi connectivity index (χ1n) is 7.94. The highest BCUT2D eigenvalue weighted by Crippen LogP contribution is 2.44. The Morgan fingerprint density at radius 1 is 1.18 bits per heavy atom. The van der Waals surface area contributed by atoms with Crippen LogP contribution in [0.25, 0.3) is 0 Å². The van der Waals surface area contributed by atoms with Crippen LogP contribution in [0.5, 0.6) is 0 Å². The second-order valence-electron chi connectivity index (χ2n) is 6.52. The maximum Gasteiger partial charge on any atom is 0.416 e. The number of fused-ring (bicyclic) bond motifs is 2. The number of cyclic esters (lactones) is 1. The Balaban J connectivity index is 1.52. The van der Waals surface area contributed by atoms with Gasteiger partial charge in [0, 0.05) is 5.92 Å². The maximum atomic E-state index is 12.8. The van der Waals surface area contributed by atoms with Crippen LogP contribution in [0.4, 0.5) is 4.79 Å². The zero-order valence-electron chi connectivity index (χ0n) is 12.4. The SMILES string of the molecule is O=C1OC[C@H](Cc2ccccc2)N1C(=O)C1CC2C=CC1C2. The van der Waals surface area contributed by atoms with Crippen molar-refractivity contribution in [1.82, 2.24) is 4.90 Å². The minimum absolute atomic E-state index is 0.0414. The molecule has 0 spiro atoms. The summed E-state index contributed by atoms with van der Waals surface area (Å²) >= 11 is 0. The molecule has 2 amide bonds. The largest absolute Gasteiger partial charge is 0.447 e. The molecule has 4 atom stereocenters. The average Bonchev–Trinajstić information content (AvgIpc) is 3.24. The van der Waals surface area contributed by atoms with Gasteiger partial charge in [-0.2, -0.15) is 0 Å². The molecule has 2 fully saturated rings. The molecule has 0 N–H and O–H groups in total. The van der Waals surface area contributed by atoms with Gasteiger partial charge in [-0.25, -0.2) is 9.69 Å². The van der Waals surface area contributed by atoms with Crippen LogP contribution in [0.2, 0.25) is 0 Å². The van der Waals surface area contributed by atoms with Gasteiger partial charge in [-0.05, 0) is 36.7 Å². The van der Waals surface area contributed by atoms with E-state index >= 15 is 0 Å². The summed E-state index contributed by atoms with van der Waals surface area (Å²) in [5.74, 6) is 0.743. The van der Waals surface area contributed by atoms with Gasteiger partial charge in [0.05, 0.1) is 6.04 Å². The maximum absolute atomic E-state index is 12.8.